The van der Waals surface area contributed by atoms with Gasteiger partial charge in [0.05, 0.1) is 0 Å². The molecule has 2 N–H and O–H groups in total. The first-order valence-corrected chi connectivity index (χ1v) is 7.17. The molecule has 0 spiro atoms. The predicted molar refractivity (Wildman–Crippen MR) is 75.5 cm³/mol. The number of fused-ring (bicyclic) bond motifs is 1. The number of hydrogen-bond donors (Lipinski definition) is 2. The summed E-state index contributed by atoms with van der Waals surface area (Å²) in [4.78, 5) is 27.6. The van der Waals surface area contributed by atoms with Gasteiger partial charge in [-0.3, -0.25) is 4.90 Å². The monoisotopic (exact) mass is 281 g/mol. The molecule has 0 aromatic rings. The van der Waals surface area contributed by atoms with Crippen molar-refractivity contribution >= 4 is 12.0 Å². The van der Waals surface area contributed by atoms with E-state index in [0.29, 0.717) is 12.6 Å². The van der Waals surface area contributed by atoms with Gasteiger partial charge >= 0.3 is 12.0 Å². The lowest BCUT2D eigenvalue weighted by atomic mass is 10.1. The smallest absolute Gasteiger partial charge is 0.326 e. The Morgan fingerprint density at radius 3 is 2.90 bits per heavy atom. The summed E-state index contributed by atoms with van der Waals surface area (Å²) in [6.45, 7) is 8.21. The molecule has 0 aromatic carbocycles. The van der Waals surface area contributed by atoms with Gasteiger partial charge in [0.15, 0.2) is 0 Å². The Morgan fingerprint density at radius 2 is 2.25 bits per heavy atom. The maximum Gasteiger partial charge on any atom is 0.326 e. The zero-order valence-electron chi connectivity index (χ0n) is 11.9. The molecule has 6 nitrogen and oxygen atoms in total. The normalized spacial score (nSPS) is 27.8. The lowest BCUT2D eigenvalue weighted by Crippen LogP contribution is -2.60. The fourth-order valence-corrected chi connectivity index (χ4v) is 3.09. The Balaban J connectivity index is 1.97. The number of nitrogens with zero attached hydrogens (tertiary/aromatic N) is 2. The Hall–Kier alpha value is -1.56. The van der Waals surface area contributed by atoms with Crippen molar-refractivity contribution in [2.75, 3.05) is 19.6 Å². The quantitative estimate of drug-likeness (QED) is 0.751. The van der Waals surface area contributed by atoms with Crippen LogP contribution in [0.15, 0.2) is 12.7 Å². The molecule has 0 aliphatic carbocycles. The summed E-state index contributed by atoms with van der Waals surface area (Å²) >= 11 is 0. The van der Waals surface area contributed by atoms with Gasteiger partial charge in [-0.05, 0) is 32.7 Å². The van der Waals surface area contributed by atoms with Crippen molar-refractivity contribution in [3.8, 4) is 0 Å². The van der Waals surface area contributed by atoms with E-state index in [2.05, 4.69) is 16.8 Å². The van der Waals surface area contributed by atoms with E-state index in [1.807, 2.05) is 6.92 Å². The third-order valence-electron chi connectivity index (χ3n) is 4.20. The van der Waals surface area contributed by atoms with Crippen molar-refractivity contribution in [1.29, 1.82) is 0 Å². The summed E-state index contributed by atoms with van der Waals surface area (Å²) in [5, 5.41) is 11.7. The number of aliphatic carboxylic acids is 1. The highest BCUT2D eigenvalue weighted by Crippen LogP contribution is 2.24. The Kier molecular flexibility index (Phi) is 4.65. The SMILES string of the molecule is C=CCC(NC(=O)N1CC2CCCN2CC1C)C(=O)O. The van der Waals surface area contributed by atoms with Crippen molar-refractivity contribution in [3.63, 3.8) is 0 Å². The van der Waals surface area contributed by atoms with Crippen molar-refractivity contribution in [2.45, 2.75) is 44.3 Å². The molecule has 2 heterocycles. The van der Waals surface area contributed by atoms with Gasteiger partial charge in [-0.25, -0.2) is 9.59 Å². The predicted octanol–water partition coefficient (Wildman–Crippen LogP) is 0.894. The van der Waals surface area contributed by atoms with Gasteiger partial charge < -0.3 is 15.3 Å². The number of urea groups is 1. The van der Waals surface area contributed by atoms with Crippen LogP contribution < -0.4 is 5.32 Å². The second-order valence-corrected chi connectivity index (χ2v) is 5.66. The van der Waals surface area contributed by atoms with Crippen LogP contribution in [0.25, 0.3) is 0 Å². The minimum absolute atomic E-state index is 0.113. The highest BCUT2D eigenvalue weighted by Gasteiger charge is 2.37. The highest BCUT2D eigenvalue weighted by atomic mass is 16.4. The molecule has 112 valence electrons. The van der Waals surface area contributed by atoms with Crippen molar-refractivity contribution in [2.24, 2.45) is 0 Å². The van der Waals surface area contributed by atoms with E-state index in [1.165, 1.54) is 12.5 Å². The van der Waals surface area contributed by atoms with Crippen molar-refractivity contribution in [1.82, 2.24) is 15.1 Å². The van der Waals surface area contributed by atoms with Gasteiger partial charge in [0.25, 0.3) is 0 Å². The molecular weight excluding hydrogens is 258 g/mol. The molecule has 6 heteroatoms. The van der Waals surface area contributed by atoms with Crippen LogP contribution in [-0.4, -0.2) is 64.7 Å². The molecule has 2 aliphatic heterocycles. The van der Waals surface area contributed by atoms with Gasteiger partial charge in [0.2, 0.25) is 0 Å². The molecule has 0 saturated carbocycles. The lowest BCUT2D eigenvalue weighted by molar-refractivity contribution is -0.139. The average Bonchev–Trinajstić information content (AvgIpc) is 2.83. The molecule has 3 atom stereocenters. The number of carboxylic acids is 1. The topological polar surface area (TPSA) is 72.9 Å². The summed E-state index contributed by atoms with van der Waals surface area (Å²) in [5.41, 5.74) is 0. The molecule has 2 saturated heterocycles. The van der Waals surface area contributed by atoms with E-state index in [1.54, 1.807) is 4.90 Å². The molecule has 2 amide bonds. The van der Waals surface area contributed by atoms with Gasteiger partial charge in [-0.2, -0.15) is 0 Å². The van der Waals surface area contributed by atoms with Crippen LogP contribution in [0.1, 0.15) is 26.2 Å². The van der Waals surface area contributed by atoms with Crippen LogP contribution in [0, 0.1) is 0 Å². The van der Waals surface area contributed by atoms with Gasteiger partial charge in [0, 0.05) is 25.2 Å². The van der Waals surface area contributed by atoms with Gasteiger partial charge in [-0.1, -0.05) is 6.08 Å². The highest BCUT2D eigenvalue weighted by molar-refractivity contribution is 5.83. The minimum atomic E-state index is -1.02. The molecule has 2 aliphatic rings. The molecular formula is C14H23N3O3. The molecule has 0 bridgehead atoms. The first kappa shape index (κ1) is 14.8. The van der Waals surface area contributed by atoms with Crippen LogP contribution in [0.5, 0.6) is 0 Å². The van der Waals surface area contributed by atoms with E-state index >= 15 is 0 Å². The number of carbonyl (C=O) groups excluding carboxylic acids is 1. The zero-order valence-corrected chi connectivity index (χ0v) is 11.9. The van der Waals surface area contributed by atoms with Crippen LogP contribution in [0.3, 0.4) is 0 Å². The Bertz CT molecular complexity index is 399. The van der Waals surface area contributed by atoms with Crippen LogP contribution >= 0.6 is 0 Å². The number of piperazine rings is 1. The molecule has 3 unspecified atom stereocenters. The summed E-state index contributed by atoms with van der Waals surface area (Å²) in [7, 11) is 0. The Morgan fingerprint density at radius 1 is 1.50 bits per heavy atom. The summed E-state index contributed by atoms with van der Waals surface area (Å²) < 4.78 is 0. The first-order chi connectivity index (χ1) is 9.52. The standard InChI is InChI=1S/C14H23N3O3/c1-3-5-12(13(18)19)15-14(20)17-9-11-6-4-7-16(11)8-10(17)2/h3,10-12H,1,4-9H2,2H3,(H,15,20)(H,18,19). The average molecular weight is 281 g/mol. The van der Waals surface area contributed by atoms with Gasteiger partial charge in [0.1, 0.15) is 6.04 Å². The fourth-order valence-electron chi connectivity index (χ4n) is 3.09. The zero-order chi connectivity index (χ0) is 14.7. The number of hydrogen-bond acceptors (Lipinski definition) is 3. The second kappa shape index (κ2) is 6.26. The van der Waals surface area contributed by atoms with E-state index in [-0.39, 0.29) is 18.5 Å². The van der Waals surface area contributed by atoms with Crippen molar-refractivity contribution < 1.29 is 14.7 Å². The number of carbonyl (C=O) groups is 2. The molecule has 2 fully saturated rings. The van der Waals surface area contributed by atoms with Crippen LogP contribution in [-0.2, 0) is 4.79 Å². The fraction of sp³-hybridized carbons (Fsp3) is 0.714. The molecule has 2 rings (SSSR count). The van der Waals surface area contributed by atoms with Crippen LogP contribution in [0.4, 0.5) is 4.79 Å². The molecule has 0 radical (unpaired) electrons. The number of rotatable bonds is 4. The molecule has 0 aromatic heterocycles. The number of nitrogens with one attached hydrogen (secondary N) is 1. The first-order valence-electron chi connectivity index (χ1n) is 7.17. The van der Waals surface area contributed by atoms with E-state index < -0.39 is 12.0 Å². The third-order valence-corrected chi connectivity index (χ3v) is 4.20. The maximum absolute atomic E-state index is 12.3. The largest absolute Gasteiger partial charge is 0.480 e. The van der Waals surface area contributed by atoms with Crippen LogP contribution in [0.2, 0.25) is 0 Å². The van der Waals surface area contributed by atoms with E-state index in [9.17, 15) is 9.59 Å². The summed E-state index contributed by atoms with van der Waals surface area (Å²) in [6.07, 6.45) is 4.04. The van der Waals surface area contributed by atoms with Crippen molar-refractivity contribution in [3.05, 3.63) is 12.7 Å². The lowest BCUT2D eigenvalue weighted by Gasteiger charge is -2.42. The summed E-state index contributed by atoms with van der Waals surface area (Å²) in [5.74, 6) is -1.02. The number of amides is 2. The maximum atomic E-state index is 12.3. The second-order valence-electron chi connectivity index (χ2n) is 5.66. The van der Waals surface area contributed by atoms with E-state index in [0.717, 1.165) is 19.5 Å². The minimum Gasteiger partial charge on any atom is -0.480 e. The van der Waals surface area contributed by atoms with E-state index in [4.69, 9.17) is 5.11 Å². The summed E-state index contributed by atoms with van der Waals surface area (Å²) in [6, 6.07) is -0.630. The number of carboxylic acid groups (broad SMARTS) is 1. The third kappa shape index (κ3) is 3.12. The van der Waals surface area contributed by atoms with Gasteiger partial charge in [-0.15, -0.1) is 6.58 Å². The Labute approximate surface area is 119 Å². The molecule has 20 heavy (non-hydrogen) atoms.